The topological polar surface area (TPSA) is 98.5 Å². The molecule has 2 unspecified atom stereocenters. The van der Waals surface area contributed by atoms with Gasteiger partial charge in [0.25, 0.3) is 0 Å². The molecule has 1 aliphatic heterocycles. The number of carbonyl (C=O) groups is 2. The maximum atomic E-state index is 13.5. The number of aromatic nitrogens is 4. The van der Waals surface area contributed by atoms with Gasteiger partial charge in [0.05, 0.1) is 49.3 Å². The van der Waals surface area contributed by atoms with Crippen LogP contribution < -0.4 is 9.13 Å². The van der Waals surface area contributed by atoms with Crippen LogP contribution in [0.25, 0.3) is 0 Å². The Morgan fingerprint density at radius 3 is 2.00 bits per heavy atom. The number of nitrogens with zero attached hydrogens (tertiary/aromatic N) is 5. The van der Waals surface area contributed by atoms with Gasteiger partial charge in [-0.15, -0.1) is 0 Å². The van der Waals surface area contributed by atoms with Crippen molar-refractivity contribution in [3.8, 4) is 0 Å². The molecule has 3 aromatic rings. The SMILES string of the molecule is CCOC(=O)C1=C(C[n+]2ccncc2)N=C(C[n+]2ccncc2)C(C(=O)OCC)C1c1ccccc1. The molecule has 0 N–H and O–H groups in total. The summed E-state index contributed by atoms with van der Waals surface area (Å²) in [6, 6.07) is 9.50. The Kier molecular flexibility index (Phi) is 8.23. The minimum Gasteiger partial charge on any atom is -0.465 e. The third kappa shape index (κ3) is 5.68. The minimum atomic E-state index is -0.807. The molecule has 0 bridgehead atoms. The van der Waals surface area contributed by atoms with E-state index in [4.69, 9.17) is 14.5 Å². The number of hydrogen-bond donors (Lipinski definition) is 0. The molecule has 3 heterocycles. The van der Waals surface area contributed by atoms with E-state index in [9.17, 15) is 9.59 Å². The van der Waals surface area contributed by atoms with Crippen LogP contribution in [-0.2, 0) is 32.2 Å². The molecule has 1 aliphatic rings. The van der Waals surface area contributed by atoms with Crippen LogP contribution >= 0.6 is 0 Å². The summed E-state index contributed by atoms with van der Waals surface area (Å²) >= 11 is 0. The van der Waals surface area contributed by atoms with Crippen LogP contribution in [0.15, 0.2) is 96.2 Å². The maximum absolute atomic E-state index is 13.5. The molecule has 0 radical (unpaired) electrons. The van der Waals surface area contributed by atoms with Crippen molar-refractivity contribution in [1.82, 2.24) is 9.97 Å². The first-order chi connectivity index (χ1) is 17.6. The van der Waals surface area contributed by atoms with Gasteiger partial charge in [-0.3, -0.25) is 14.8 Å². The van der Waals surface area contributed by atoms with Crippen LogP contribution in [0.4, 0.5) is 0 Å². The van der Waals surface area contributed by atoms with E-state index < -0.39 is 23.8 Å². The van der Waals surface area contributed by atoms with Gasteiger partial charge in [-0.25, -0.2) is 9.79 Å². The fourth-order valence-corrected chi connectivity index (χ4v) is 4.34. The Bertz CT molecular complexity index is 1250. The normalized spacial score (nSPS) is 17.3. The van der Waals surface area contributed by atoms with Gasteiger partial charge in [0, 0.05) is 5.92 Å². The number of ether oxygens (including phenoxy) is 2. The molecule has 0 aliphatic carbocycles. The number of benzene rings is 1. The van der Waals surface area contributed by atoms with Gasteiger partial charge >= 0.3 is 11.9 Å². The molecule has 4 rings (SSSR count). The number of esters is 2. The fraction of sp³-hybridized carbons (Fsp3) is 0.296. The first kappa shape index (κ1) is 24.8. The van der Waals surface area contributed by atoms with E-state index in [1.165, 1.54) is 0 Å². The van der Waals surface area contributed by atoms with Crippen LogP contribution in [-0.4, -0.2) is 40.8 Å². The molecule has 1 aromatic carbocycles. The van der Waals surface area contributed by atoms with Crippen molar-refractivity contribution in [2.24, 2.45) is 10.9 Å². The Hall–Kier alpha value is -4.27. The zero-order chi connectivity index (χ0) is 25.3. The van der Waals surface area contributed by atoms with E-state index in [1.54, 1.807) is 51.0 Å². The van der Waals surface area contributed by atoms with Crippen LogP contribution in [0.2, 0.25) is 0 Å². The molecule has 0 amide bonds. The molecule has 0 saturated carbocycles. The average Bonchev–Trinajstić information content (AvgIpc) is 2.90. The van der Waals surface area contributed by atoms with E-state index in [0.717, 1.165) is 5.56 Å². The monoisotopic (exact) mass is 487 g/mol. The number of allylic oxidation sites excluding steroid dienone is 1. The zero-order valence-corrected chi connectivity index (χ0v) is 20.4. The van der Waals surface area contributed by atoms with Crippen molar-refractivity contribution in [3.05, 3.63) is 96.7 Å². The van der Waals surface area contributed by atoms with Crippen molar-refractivity contribution in [3.63, 3.8) is 0 Å². The van der Waals surface area contributed by atoms with Gasteiger partial charge < -0.3 is 9.47 Å². The summed E-state index contributed by atoms with van der Waals surface area (Å²) in [6.45, 7) is 4.57. The maximum Gasteiger partial charge on any atom is 0.336 e. The molecule has 2 atom stereocenters. The molecule has 0 fully saturated rings. The van der Waals surface area contributed by atoms with Gasteiger partial charge in [0.15, 0.2) is 37.9 Å². The minimum absolute atomic E-state index is 0.201. The quantitative estimate of drug-likeness (QED) is 0.338. The lowest BCUT2D eigenvalue weighted by Gasteiger charge is -2.31. The highest BCUT2D eigenvalue weighted by Gasteiger charge is 2.46. The Balaban J connectivity index is 1.93. The third-order valence-corrected chi connectivity index (χ3v) is 5.84. The van der Waals surface area contributed by atoms with Crippen molar-refractivity contribution >= 4 is 17.7 Å². The highest BCUT2D eigenvalue weighted by Crippen LogP contribution is 2.40. The zero-order valence-electron chi connectivity index (χ0n) is 20.4. The summed E-state index contributed by atoms with van der Waals surface area (Å²) in [5.41, 5.74) is 2.29. The molecule has 2 aromatic heterocycles. The van der Waals surface area contributed by atoms with Gasteiger partial charge in [0.1, 0.15) is 11.6 Å². The van der Waals surface area contributed by atoms with Crippen LogP contribution in [0.1, 0.15) is 25.3 Å². The van der Waals surface area contributed by atoms with Crippen molar-refractivity contribution in [1.29, 1.82) is 0 Å². The van der Waals surface area contributed by atoms with Gasteiger partial charge in [-0.1, -0.05) is 30.3 Å². The summed E-state index contributed by atoms with van der Waals surface area (Å²) in [5.74, 6) is -2.36. The molecule has 36 heavy (non-hydrogen) atoms. The number of aliphatic imine (C=N–C) groups is 1. The lowest BCUT2D eigenvalue weighted by atomic mass is 9.75. The Morgan fingerprint density at radius 1 is 0.833 bits per heavy atom. The molecule has 0 spiro atoms. The van der Waals surface area contributed by atoms with Crippen molar-refractivity contribution < 1.29 is 28.2 Å². The molecule has 9 nitrogen and oxygen atoms in total. The smallest absolute Gasteiger partial charge is 0.336 e. The van der Waals surface area contributed by atoms with Crippen molar-refractivity contribution in [2.45, 2.75) is 32.9 Å². The van der Waals surface area contributed by atoms with Crippen molar-refractivity contribution in [2.75, 3.05) is 13.2 Å². The summed E-state index contributed by atoms with van der Waals surface area (Å²) < 4.78 is 14.8. The van der Waals surface area contributed by atoms with E-state index >= 15 is 0 Å². The Morgan fingerprint density at radius 2 is 1.42 bits per heavy atom. The van der Waals surface area contributed by atoms with Crippen LogP contribution in [0.5, 0.6) is 0 Å². The summed E-state index contributed by atoms with van der Waals surface area (Å²) in [4.78, 5) is 40.0. The summed E-state index contributed by atoms with van der Waals surface area (Å²) in [5, 5.41) is 0. The second-order valence-electron chi connectivity index (χ2n) is 8.14. The first-order valence-electron chi connectivity index (χ1n) is 11.9. The molecular formula is C27H29N5O4+2. The second kappa shape index (κ2) is 11.9. The first-order valence-corrected chi connectivity index (χ1v) is 11.9. The molecule has 0 saturated heterocycles. The van der Waals surface area contributed by atoms with E-state index in [2.05, 4.69) is 9.97 Å². The average molecular weight is 488 g/mol. The summed E-state index contributed by atoms with van der Waals surface area (Å²) in [7, 11) is 0. The fourth-order valence-electron chi connectivity index (χ4n) is 4.34. The highest BCUT2D eigenvalue weighted by molar-refractivity contribution is 6.07. The van der Waals surface area contributed by atoms with Gasteiger partial charge in [-0.05, 0) is 19.4 Å². The van der Waals surface area contributed by atoms with E-state index in [0.29, 0.717) is 30.1 Å². The van der Waals surface area contributed by atoms with Gasteiger partial charge in [0.2, 0.25) is 0 Å². The number of carbonyl (C=O) groups excluding carboxylic acids is 2. The third-order valence-electron chi connectivity index (χ3n) is 5.84. The molecule has 184 valence electrons. The molecular weight excluding hydrogens is 458 g/mol. The second-order valence-corrected chi connectivity index (χ2v) is 8.14. The van der Waals surface area contributed by atoms with Crippen LogP contribution in [0, 0.1) is 5.92 Å². The lowest BCUT2D eigenvalue weighted by Crippen LogP contribution is -2.47. The standard InChI is InChI=1S/C27H29N5O4/c1-3-35-26(33)24-21(18-31-14-10-28-11-15-31)30-22(19-32-16-12-29-13-17-32)25(27(34)36-4-2)23(24)20-8-6-5-7-9-20/h5-17,23-24H,3-4,18-19H2,1-2H3/q+2. The van der Waals surface area contributed by atoms with Crippen LogP contribution in [0.3, 0.4) is 0 Å². The Labute approximate surface area is 209 Å². The summed E-state index contributed by atoms with van der Waals surface area (Å²) in [6.07, 6.45) is 13.9. The highest BCUT2D eigenvalue weighted by atomic mass is 16.5. The number of rotatable bonds is 9. The van der Waals surface area contributed by atoms with E-state index in [-0.39, 0.29) is 13.2 Å². The number of hydrogen-bond acceptors (Lipinski definition) is 7. The lowest BCUT2D eigenvalue weighted by molar-refractivity contribution is -0.689. The van der Waals surface area contributed by atoms with E-state index in [1.807, 2.05) is 51.9 Å². The predicted octanol–water partition coefficient (Wildman–Crippen LogP) is 1.99. The predicted molar refractivity (Wildman–Crippen MR) is 129 cm³/mol. The molecule has 9 heteroatoms. The van der Waals surface area contributed by atoms with Gasteiger partial charge in [-0.2, -0.15) is 9.13 Å². The largest absolute Gasteiger partial charge is 0.465 e.